The number of nitrogens with zero attached hydrogens (tertiary/aromatic N) is 2. The van der Waals surface area contributed by atoms with Gasteiger partial charge in [0.05, 0.1) is 15.5 Å². The summed E-state index contributed by atoms with van der Waals surface area (Å²) in [6.07, 6.45) is 0. The third-order valence-electron chi connectivity index (χ3n) is 4.41. The lowest BCUT2D eigenvalue weighted by Gasteiger charge is -2.17. The molecule has 1 amide bonds. The topological polar surface area (TPSA) is 96.4 Å². The Morgan fingerprint density at radius 3 is 2.27 bits per heavy atom. The number of Topliss-reactive ketones (excluding diaryl/α,β-unsaturated/α-hetero) is 1. The van der Waals surface area contributed by atoms with Crippen molar-refractivity contribution in [3.63, 3.8) is 0 Å². The summed E-state index contributed by atoms with van der Waals surface area (Å²) in [5.41, 5.74) is 1.73. The second-order valence-corrected chi connectivity index (χ2v) is 9.76. The SMILES string of the molecule is CC(=O)c1sc(NC(=O)c2ccc(S(=O)(=O)N(C)Cc3ccccc3)cc2)nc1C. The maximum absolute atomic E-state index is 12.8. The first kappa shape index (κ1) is 21.8. The second-order valence-electron chi connectivity index (χ2n) is 6.71. The number of nitrogens with one attached hydrogen (secondary N) is 1. The zero-order chi connectivity index (χ0) is 21.9. The predicted molar refractivity (Wildman–Crippen MR) is 116 cm³/mol. The standard InChI is InChI=1S/C21H21N3O4S2/c1-14-19(15(2)25)29-21(22-14)23-20(26)17-9-11-18(12-10-17)30(27,28)24(3)13-16-7-5-4-6-8-16/h4-12H,13H2,1-3H3,(H,22,23,26). The van der Waals surface area contributed by atoms with Crippen LogP contribution < -0.4 is 5.32 Å². The summed E-state index contributed by atoms with van der Waals surface area (Å²) < 4.78 is 26.9. The Labute approximate surface area is 179 Å². The normalized spacial score (nSPS) is 11.5. The van der Waals surface area contributed by atoms with Crippen molar-refractivity contribution >= 4 is 38.2 Å². The summed E-state index contributed by atoms with van der Waals surface area (Å²) in [5, 5.41) is 2.97. The van der Waals surface area contributed by atoms with Crippen molar-refractivity contribution in [2.45, 2.75) is 25.3 Å². The van der Waals surface area contributed by atoms with Crippen LogP contribution in [-0.2, 0) is 16.6 Å². The first-order valence-corrected chi connectivity index (χ1v) is 11.3. The van der Waals surface area contributed by atoms with Gasteiger partial charge in [-0.2, -0.15) is 4.31 Å². The minimum absolute atomic E-state index is 0.0986. The summed E-state index contributed by atoms with van der Waals surface area (Å²) >= 11 is 1.11. The van der Waals surface area contributed by atoms with Crippen LogP contribution >= 0.6 is 11.3 Å². The second kappa shape index (κ2) is 8.86. The van der Waals surface area contributed by atoms with Crippen molar-refractivity contribution in [2.75, 3.05) is 12.4 Å². The number of aromatic nitrogens is 1. The van der Waals surface area contributed by atoms with Crippen LogP contribution in [-0.4, -0.2) is 36.4 Å². The van der Waals surface area contributed by atoms with Gasteiger partial charge in [-0.05, 0) is 36.8 Å². The van der Waals surface area contributed by atoms with Crippen LogP contribution in [0.5, 0.6) is 0 Å². The van der Waals surface area contributed by atoms with Gasteiger partial charge in [0, 0.05) is 26.1 Å². The maximum atomic E-state index is 12.8. The summed E-state index contributed by atoms with van der Waals surface area (Å²) in [6.45, 7) is 3.39. The molecule has 0 spiro atoms. The fourth-order valence-electron chi connectivity index (χ4n) is 2.83. The van der Waals surface area contributed by atoms with Crippen LogP contribution in [0.4, 0.5) is 5.13 Å². The Hall–Kier alpha value is -2.88. The van der Waals surface area contributed by atoms with E-state index in [-0.39, 0.29) is 22.8 Å². The van der Waals surface area contributed by atoms with Gasteiger partial charge in [0.15, 0.2) is 10.9 Å². The highest BCUT2D eigenvalue weighted by molar-refractivity contribution is 7.89. The number of ketones is 1. The van der Waals surface area contributed by atoms with Crippen LogP contribution in [0.1, 0.15) is 38.2 Å². The monoisotopic (exact) mass is 443 g/mol. The van der Waals surface area contributed by atoms with Crippen molar-refractivity contribution < 1.29 is 18.0 Å². The van der Waals surface area contributed by atoms with E-state index in [0.29, 0.717) is 15.7 Å². The highest BCUT2D eigenvalue weighted by Gasteiger charge is 2.21. The quantitative estimate of drug-likeness (QED) is 0.561. The van der Waals surface area contributed by atoms with Gasteiger partial charge in [-0.15, -0.1) is 0 Å². The lowest BCUT2D eigenvalue weighted by Crippen LogP contribution is -2.26. The molecule has 7 nitrogen and oxygen atoms in total. The molecular formula is C21H21N3O4S2. The number of rotatable bonds is 7. The first-order valence-electron chi connectivity index (χ1n) is 9.08. The molecule has 0 saturated heterocycles. The third-order valence-corrected chi connectivity index (χ3v) is 7.40. The van der Waals surface area contributed by atoms with E-state index >= 15 is 0 Å². The largest absolute Gasteiger partial charge is 0.298 e. The van der Waals surface area contributed by atoms with E-state index in [1.807, 2.05) is 30.3 Å². The van der Waals surface area contributed by atoms with Gasteiger partial charge in [0.25, 0.3) is 5.91 Å². The number of sulfonamides is 1. The molecule has 1 N–H and O–H groups in total. The van der Waals surface area contributed by atoms with Gasteiger partial charge in [0.2, 0.25) is 10.0 Å². The molecule has 2 aromatic carbocycles. The molecule has 9 heteroatoms. The number of amides is 1. The number of hydrogen-bond acceptors (Lipinski definition) is 6. The van der Waals surface area contributed by atoms with E-state index in [0.717, 1.165) is 16.9 Å². The van der Waals surface area contributed by atoms with E-state index < -0.39 is 15.9 Å². The Balaban J connectivity index is 1.72. The van der Waals surface area contributed by atoms with Crippen LogP contribution in [0.15, 0.2) is 59.5 Å². The molecule has 156 valence electrons. The Morgan fingerprint density at radius 2 is 1.70 bits per heavy atom. The van der Waals surface area contributed by atoms with E-state index in [9.17, 15) is 18.0 Å². The Morgan fingerprint density at radius 1 is 1.07 bits per heavy atom. The molecule has 0 fully saturated rings. The van der Waals surface area contributed by atoms with Crippen LogP contribution in [0, 0.1) is 6.92 Å². The third kappa shape index (κ3) is 4.81. The average molecular weight is 444 g/mol. The van der Waals surface area contributed by atoms with Crippen molar-refractivity contribution in [3.05, 3.63) is 76.3 Å². The number of aryl methyl sites for hydroxylation is 1. The molecule has 0 aliphatic heterocycles. The fraction of sp³-hybridized carbons (Fsp3) is 0.190. The highest BCUT2D eigenvalue weighted by Crippen LogP contribution is 2.24. The number of thiazole rings is 1. The molecule has 1 aromatic heterocycles. The number of carbonyl (C=O) groups is 2. The van der Waals surface area contributed by atoms with Gasteiger partial charge in [-0.25, -0.2) is 13.4 Å². The van der Waals surface area contributed by atoms with Gasteiger partial charge in [-0.3, -0.25) is 14.9 Å². The molecule has 0 aliphatic rings. The number of hydrogen-bond donors (Lipinski definition) is 1. The van der Waals surface area contributed by atoms with Crippen molar-refractivity contribution in [1.82, 2.24) is 9.29 Å². The minimum atomic E-state index is -3.70. The van der Waals surface area contributed by atoms with E-state index in [4.69, 9.17) is 0 Å². The smallest absolute Gasteiger partial charge is 0.257 e. The van der Waals surface area contributed by atoms with Crippen LogP contribution in [0.25, 0.3) is 0 Å². The van der Waals surface area contributed by atoms with E-state index in [1.54, 1.807) is 6.92 Å². The lowest BCUT2D eigenvalue weighted by atomic mass is 10.2. The van der Waals surface area contributed by atoms with Gasteiger partial charge in [-0.1, -0.05) is 41.7 Å². The molecule has 3 aromatic rings. The summed E-state index contributed by atoms with van der Waals surface area (Å²) in [5.74, 6) is -0.542. The van der Waals surface area contributed by atoms with Crippen molar-refractivity contribution in [3.8, 4) is 0 Å². The summed E-state index contributed by atoms with van der Waals surface area (Å²) in [4.78, 5) is 28.8. The zero-order valence-corrected chi connectivity index (χ0v) is 18.4. The molecule has 0 radical (unpaired) electrons. The number of carbonyl (C=O) groups excluding carboxylic acids is 2. The van der Waals surface area contributed by atoms with Gasteiger partial charge < -0.3 is 0 Å². The molecule has 1 heterocycles. The predicted octanol–water partition coefficient (Wildman–Crippen LogP) is 3.73. The molecule has 0 bridgehead atoms. The Bertz CT molecular complexity index is 1170. The molecule has 0 unspecified atom stereocenters. The fourth-order valence-corrected chi connectivity index (χ4v) is 4.85. The molecule has 0 atom stereocenters. The molecule has 3 rings (SSSR count). The molecule has 0 saturated carbocycles. The van der Waals surface area contributed by atoms with E-state index in [1.165, 1.54) is 42.5 Å². The van der Waals surface area contributed by atoms with Crippen LogP contribution in [0.3, 0.4) is 0 Å². The summed E-state index contributed by atoms with van der Waals surface area (Å²) in [6, 6.07) is 15.0. The molecule has 30 heavy (non-hydrogen) atoms. The molecule has 0 aliphatic carbocycles. The van der Waals surface area contributed by atoms with Crippen molar-refractivity contribution in [1.29, 1.82) is 0 Å². The maximum Gasteiger partial charge on any atom is 0.257 e. The molecular weight excluding hydrogens is 422 g/mol. The first-order chi connectivity index (χ1) is 14.2. The number of anilines is 1. The summed E-state index contributed by atoms with van der Waals surface area (Å²) in [7, 11) is -2.18. The average Bonchev–Trinajstić information content (AvgIpc) is 3.09. The minimum Gasteiger partial charge on any atom is -0.298 e. The lowest BCUT2D eigenvalue weighted by molar-refractivity contribution is 0.101. The van der Waals surface area contributed by atoms with Crippen LogP contribution in [0.2, 0.25) is 0 Å². The number of benzene rings is 2. The zero-order valence-electron chi connectivity index (χ0n) is 16.7. The van der Waals surface area contributed by atoms with E-state index in [2.05, 4.69) is 10.3 Å². The Kier molecular flexibility index (Phi) is 6.45. The highest BCUT2D eigenvalue weighted by atomic mass is 32.2. The van der Waals surface area contributed by atoms with Gasteiger partial charge >= 0.3 is 0 Å². The van der Waals surface area contributed by atoms with Gasteiger partial charge in [0.1, 0.15) is 0 Å². The van der Waals surface area contributed by atoms with Crippen molar-refractivity contribution in [2.24, 2.45) is 0 Å².